The third kappa shape index (κ3) is 2.59. The molecule has 1 rings (SSSR count). The van der Waals surface area contributed by atoms with Gasteiger partial charge in [-0.2, -0.15) is 4.98 Å². The standard InChI is InChI=1S/C11H17ClN2O/c1-6(2)9-8(5-12)13-10(7(3)4)14-11(9)15/h6-7H,5H2,1-4H3,(H,13,14,15). The van der Waals surface area contributed by atoms with Gasteiger partial charge >= 0.3 is 0 Å². The summed E-state index contributed by atoms with van der Waals surface area (Å²) in [6.45, 7) is 7.96. The van der Waals surface area contributed by atoms with E-state index in [1.807, 2.05) is 27.7 Å². The van der Waals surface area contributed by atoms with Gasteiger partial charge in [-0.3, -0.25) is 0 Å². The van der Waals surface area contributed by atoms with E-state index in [0.29, 0.717) is 11.7 Å². The molecular weight excluding hydrogens is 212 g/mol. The van der Waals surface area contributed by atoms with Crippen molar-refractivity contribution in [2.75, 3.05) is 0 Å². The Hall–Kier alpha value is -0.830. The van der Waals surface area contributed by atoms with Crippen molar-refractivity contribution in [2.45, 2.75) is 45.4 Å². The van der Waals surface area contributed by atoms with Crippen molar-refractivity contribution in [3.05, 3.63) is 17.1 Å². The van der Waals surface area contributed by atoms with Crippen LogP contribution in [0.15, 0.2) is 0 Å². The topological polar surface area (TPSA) is 46.0 Å². The molecule has 1 heterocycles. The Labute approximate surface area is 95.5 Å². The SMILES string of the molecule is CC(C)c1nc(O)c(C(C)C)c(CCl)n1. The van der Waals surface area contributed by atoms with E-state index in [2.05, 4.69) is 9.97 Å². The summed E-state index contributed by atoms with van der Waals surface area (Å²) in [5, 5.41) is 9.81. The second kappa shape index (κ2) is 4.79. The molecule has 0 unspecified atom stereocenters. The second-order valence-electron chi connectivity index (χ2n) is 4.21. The summed E-state index contributed by atoms with van der Waals surface area (Å²) in [4.78, 5) is 8.46. The fraction of sp³-hybridized carbons (Fsp3) is 0.636. The molecule has 0 amide bonds. The minimum Gasteiger partial charge on any atom is -0.493 e. The monoisotopic (exact) mass is 228 g/mol. The molecule has 3 nitrogen and oxygen atoms in total. The lowest BCUT2D eigenvalue weighted by Crippen LogP contribution is -2.06. The summed E-state index contributed by atoms with van der Waals surface area (Å²) in [5.41, 5.74) is 1.50. The van der Waals surface area contributed by atoms with Crippen molar-refractivity contribution >= 4 is 11.6 Å². The van der Waals surface area contributed by atoms with Crippen molar-refractivity contribution in [2.24, 2.45) is 0 Å². The van der Waals surface area contributed by atoms with Gasteiger partial charge < -0.3 is 5.11 Å². The van der Waals surface area contributed by atoms with Crippen LogP contribution in [0.2, 0.25) is 0 Å². The van der Waals surface area contributed by atoms with E-state index in [-0.39, 0.29) is 17.7 Å². The number of aromatic nitrogens is 2. The van der Waals surface area contributed by atoms with Crippen molar-refractivity contribution in [3.8, 4) is 5.88 Å². The van der Waals surface area contributed by atoms with Crippen LogP contribution in [-0.4, -0.2) is 15.1 Å². The Morgan fingerprint density at radius 1 is 1.13 bits per heavy atom. The molecular formula is C11H17ClN2O. The van der Waals surface area contributed by atoms with E-state index in [1.165, 1.54) is 0 Å². The number of halogens is 1. The summed E-state index contributed by atoms with van der Waals surface area (Å²) in [6, 6.07) is 0. The molecule has 84 valence electrons. The Kier molecular flexibility index (Phi) is 3.91. The maximum atomic E-state index is 9.81. The molecule has 0 atom stereocenters. The molecule has 0 aliphatic carbocycles. The molecule has 0 aliphatic rings. The summed E-state index contributed by atoms with van der Waals surface area (Å²) < 4.78 is 0. The van der Waals surface area contributed by atoms with E-state index in [9.17, 15) is 5.11 Å². The zero-order valence-corrected chi connectivity index (χ0v) is 10.3. The highest BCUT2D eigenvalue weighted by molar-refractivity contribution is 6.17. The lowest BCUT2D eigenvalue weighted by Gasteiger charge is -2.14. The van der Waals surface area contributed by atoms with Crippen LogP contribution < -0.4 is 0 Å². The molecule has 0 aliphatic heterocycles. The third-order valence-corrected chi connectivity index (χ3v) is 2.50. The van der Waals surface area contributed by atoms with Crippen molar-refractivity contribution < 1.29 is 5.11 Å². The number of alkyl halides is 1. The van der Waals surface area contributed by atoms with Gasteiger partial charge in [0.15, 0.2) is 0 Å². The summed E-state index contributed by atoms with van der Waals surface area (Å²) in [5.74, 6) is 1.40. The predicted octanol–water partition coefficient (Wildman–Crippen LogP) is 3.17. The molecule has 0 aromatic carbocycles. The van der Waals surface area contributed by atoms with Crippen LogP contribution >= 0.6 is 11.6 Å². The van der Waals surface area contributed by atoms with Gasteiger partial charge in [0.05, 0.1) is 11.6 Å². The molecule has 1 aromatic heterocycles. The van der Waals surface area contributed by atoms with Crippen LogP contribution in [0.3, 0.4) is 0 Å². The van der Waals surface area contributed by atoms with Gasteiger partial charge in [-0.15, -0.1) is 11.6 Å². The molecule has 15 heavy (non-hydrogen) atoms. The smallest absolute Gasteiger partial charge is 0.217 e. The number of hydrogen-bond acceptors (Lipinski definition) is 3. The normalized spacial score (nSPS) is 11.4. The summed E-state index contributed by atoms with van der Waals surface area (Å²) in [6.07, 6.45) is 0. The first-order valence-electron chi connectivity index (χ1n) is 5.13. The average Bonchev–Trinajstić information content (AvgIpc) is 2.15. The zero-order valence-electron chi connectivity index (χ0n) is 9.58. The lowest BCUT2D eigenvalue weighted by molar-refractivity contribution is 0.434. The molecule has 0 bridgehead atoms. The maximum absolute atomic E-state index is 9.81. The van der Waals surface area contributed by atoms with Gasteiger partial charge in [-0.05, 0) is 5.92 Å². The van der Waals surface area contributed by atoms with Gasteiger partial charge in [-0.1, -0.05) is 27.7 Å². The fourth-order valence-electron chi connectivity index (χ4n) is 1.47. The van der Waals surface area contributed by atoms with E-state index in [4.69, 9.17) is 11.6 Å². The Morgan fingerprint density at radius 2 is 1.73 bits per heavy atom. The first kappa shape index (κ1) is 12.2. The summed E-state index contributed by atoms with van der Waals surface area (Å²) in [7, 11) is 0. The minimum atomic E-state index is 0.0688. The van der Waals surface area contributed by atoms with Crippen LogP contribution in [0.25, 0.3) is 0 Å². The second-order valence-corrected chi connectivity index (χ2v) is 4.48. The van der Waals surface area contributed by atoms with E-state index in [0.717, 1.165) is 11.3 Å². The molecule has 1 N–H and O–H groups in total. The van der Waals surface area contributed by atoms with Gasteiger partial charge in [0, 0.05) is 11.5 Å². The number of aromatic hydroxyl groups is 1. The van der Waals surface area contributed by atoms with E-state index >= 15 is 0 Å². The van der Waals surface area contributed by atoms with Crippen LogP contribution in [-0.2, 0) is 5.88 Å². The first-order valence-corrected chi connectivity index (χ1v) is 5.66. The minimum absolute atomic E-state index is 0.0688. The van der Waals surface area contributed by atoms with Crippen molar-refractivity contribution in [3.63, 3.8) is 0 Å². The molecule has 0 saturated heterocycles. The Balaban J connectivity index is 3.31. The Morgan fingerprint density at radius 3 is 2.13 bits per heavy atom. The van der Waals surface area contributed by atoms with Gasteiger partial charge in [0.25, 0.3) is 0 Å². The van der Waals surface area contributed by atoms with E-state index < -0.39 is 0 Å². The predicted molar refractivity (Wildman–Crippen MR) is 61.4 cm³/mol. The number of rotatable bonds is 3. The zero-order chi connectivity index (χ0) is 11.6. The lowest BCUT2D eigenvalue weighted by atomic mass is 10.0. The van der Waals surface area contributed by atoms with Gasteiger partial charge in [0.2, 0.25) is 5.88 Å². The highest BCUT2D eigenvalue weighted by Crippen LogP contribution is 2.28. The van der Waals surface area contributed by atoms with Crippen LogP contribution in [0.1, 0.15) is 56.6 Å². The van der Waals surface area contributed by atoms with Gasteiger partial charge in [0.1, 0.15) is 5.82 Å². The first-order chi connectivity index (χ1) is 6.97. The highest BCUT2D eigenvalue weighted by atomic mass is 35.5. The van der Waals surface area contributed by atoms with Crippen LogP contribution in [0.5, 0.6) is 5.88 Å². The molecule has 0 spiro atoms. The van der Waals surface area contributed by atoms with Crippen LogP contribution in [0.4, 0.5) is 0 Å². The maximum Gasteiger partial charge on any atom is 0.217 e. The fourth-order valence-corrected chi connectivity index (χ4v) is 1.68. The average molecular weight is 229 g/mol. The largest absolute Gasteiger partial charge is 0.493 e. The number of nitrogens with zero attached hydrogens (tertiary/aromatic N) is 2. The van der Waals surface area contributed by atoms with Crippen molar-refractivity contribution in [1.82, 2.24) is 9.97 Å². The molecule has 0 saturated carbocycles. The molecule has 4 heteroatoms. The molecule has 1 aromatic rings. The Bertz CT molecular complexity index is 351. The van der Waals surface area contributed by atoms with Crippen molar-refractivity contribution in [1.29, 1.82) is 0 Å². The molecule has 0 fully saturated rings. The summed E-state index contributed by atoms with van der Waals surface area (Å²) >= 11 is 5.82. The van der Waals surface area contributed by atoms with Crippen LogP contribution in [0, 0.1) is 0 Å². The highest BCUT2D eigenvalue weighted by Gasteiger charge is 2.17. The third-order valence-electron chi connectivity index (χ3n) is 2.24. The number of hydrogen-bond donors (Lipinski definition) is 1. The van der Waals surface area contributed by atoms with E-state index in [1.54, 1.807) is 0 Å². The quantitative estimate of drug-likeness (QED) is 0.809. The van der Waals surface area contributed by atoms with Gasteiger partial charge in [-0.25, -0.2) is 4.98 Å². The molecule has 0 radical (unpaired) electrons.